The molecule has 0 spiro atoms. The van der Waals surface area contributed by atoms with E-state index >= 15 is 0 Å². The summed E-state index contributed by atoms with van der Waals surface area (Å²) in [4.78, 5) is 0. The highest BCUT2D eigenvalue weighted by Gasteiger charge is 2.53. The van der Waals surface area contributed by atoms with Gasteiger partial charge in [0.05, 0.1) is 16.6 Å². The molecule has 0 aromatic rings. The van der Waals surface area contributed by atoms with Gasteiger partial charge in [0.25, 0.3) is 0 Å². The summed E-state index contributed by atoms with van der Waals surface area (Å²) >= 11 is 0. The minimum atomic E-state index is -2.89. The molecule has 1 saturated heterocycles. The summed E-state index contributed by atoms with van der Waals surface area (Å²) in [6, 6.07) is 0. The lowest BCUT2D eigenvalue weighted by molar-refractivity contribution is 0.198. The molecule has 0 bridgehead atoms. The molecular formula is C8H14O3S. The number of rotatable bonds is 2. The molecule has 0 radical (unpaired) electrons. The predicted octanol–water partition coefficient (Wildman–Crippen LogP) is 0.743. The van der Waals surface area contributed by atoms with Gasteiger partial charge in [-0.3, -0.25) is 0 Å². The van der Waals surface area contributed by atoms with Crippen molar-refractivity contribution in [2.75, 3.05) is 13.2 Å². The largest absolute Gasteiger partial charge is 0.380 e. The van der Waals surface area contributed by atoms with Crippen LogP contribution >= 0.6 is 0 Å². The monoisotopic (exact) mass is 190 g/mol. The Morgan fingerprint density at radius 2 is 2.08 bits per heavy atom. The molecule has 0 amide bonds. The standard InChI is InChI=1S/C8H14O3S/c1-8(3-4-8)12(9,10)7-2-5-11-6-7/h7H,2-6H2,1H3. The molecule has 1 heterocycles. The van der Waals surface area contributed by atoms with Gasteiger partial charge in [0, 0.05) is 6.61 Å². The van der Waals surface area contributed by atoms with Crippen LogP contribution in [-0.2, 0) is 14.6 Å². The van der Waals surface area contributed by atoms with Gasteiger partial charge < -0.3 is 4.74 Å². The van der Waals surface area contributed by atoms with E-state index in [1.165, 1.54) is 0 Å². The Balaban J connectivity index is 2.20. The van der Waals surface area contributed by atoms with Crippen molar-refractivity contribution in [3.63, 3.8) is 0 Å². The van der Waals surface area contributed by atoms with Crippen LogP contribution in [-0.4, -0.2) is 31.6 Å². The third kappa shape index (κ3) is 1.09. The summed E-state index contributed by atoms with van der Waals surface area (Å²) in [5.74, 6) is 0. The zero-order valence-electron chi connectivity index (χ0n) is 7.25. The van der Waals surface area contributed by atoms with E-state index < -0.39 is 14.6 Å². The molecular weight excluding hydrogens is 176 g/mol. The first kappa shape index (κ1) is 8.51. The summed E-state index contributed by atoms with van der Waals surface area (Å²) in [5.41, 5.74) is 0. The number of hydrogen-bond acceptors (Lipinski definition) is 3. The van der Waals surface area contributed by atoms with E-state index in [4.69, 9.17) is 4.74 Å². The molecule has 4 heteroatoms. The minimum Gasteiger partial charge on any atom is -0.380 e. The van der Waals surface area contributed by atoms with E-state index in [-0.39, 0.29) is 5.25 Å². The van der Waals surface area contributed by atoms with E-state index in [0.29, 0.717) is 19.6 Å². The summed E-state index contributed by atoms with van der Waals surface area (Å²) in [6.07, 6.45) is 2.37. The molecule has 0 N–H and O–H groups in total. The Labute approximate surface area is 73.0 Å². The maximum atomic E-state index is 11.8. The highest BCUT2D eigenvalue weighted by Crippen LogP contribution is 2.45. The Kier molecular flexibility index (Phi) is 1.74. The maximum Gasteiger partial charge on any atom is 0.160 e. The fourth-order valence-electron chi connectivity index (χ4n) is 1.62. The van der Waals surface area contributed by atoms with Crippen LogP contribution in [0.5, 0.6) is 0 Å². The summed E-state index contributed by atoms with van der Waals surface area (Å²) in [5, 5.41) is -0.218. The number of sulfone groups is 1. The van der Waals surface area contributed by atoms with Crippen LogP contribution in [0.4, 0.5) is 0 Å². The van der Waals surface area contributed by atoms with Crippen molar-refractivity contribution in [1.82, 2.24) is 0 Å². The van der Waals surface area contributed by atoms with Gasteiger partial charge >= 0.3 is 0 Å². The molecule has 2 rings (SSSR count). The smallest absolute Gasteiger partial charge is 0.160 e. The van der Waals surface area contributed by atoms with Gasteiger partial charge in [-0.05, 0) is 26.2 Å². The third-order valence-electron chi connectivity index (χ3n) is 2.97. The van der Waals surface area contributed by atoms with E-state index in [1.807, 2.05) is 6.92 Å². The first-order chi connectivity index (χ1) is 5.56. The molecule has 3 nitrogen and oxygen atoms in total. The molecule has 1 unspecified atom stereocenters. The van der Waals surface area contributed by atoms with Gasteiger partial charge in [0.1, 0.15) is 0 Å². The zero-order chi connectivity index (χ0) is 8.82. The van der Waals surface area contributed by atoms with Crippen molar-refractivity contribution in [2.24, 2.45) is 0 Å². The lowest BCUT2D eigenvalue weighted by Crippen LogP contribution is -2.31. The zero-order valence-corrected chi connectivity index (χ0v) is 8.06. The number of hydrogen-bond donors (Lipinski definition) is 0. The van der Waals surface area contributed by atoms with Gasteiger partial charge in [-0.1, -0.05) is 0 Å². The lowest BCUT2D eigenvalue weighted by atomic mass is 10.4. The van der Waals surface area contributed by atoms with Crippen LogP contribution in [0.2, 0.25) is 0 Å². The van der Waals surface area contributed by atoms with Crippen molar-refractivity contribution in [2.45, 2.75) is 36.2 Å². The van der Waals surface area contributed by atoms with Gasteiger partial charge in [-0.15, -0.1) is 0 Å². The highest BCUT2D eigenvalue weighted by atomic mass is 32.2. The van der Waals surface area contributed by atoms with Crippen LogP contribution < -0.4 is 0 Å². The van der Waals surface area contributed by atoms with Gasteiger partial charge in [-0.2, -0.15) is 0 Å². The SMILES string of the molecule is CC1(S(=O)(=O)C2CCOC2)CC1. The molecule has 2 aliphatic rings. The predicted molar refractivity (Wildman–Crippen MR) is 45.8 cm³/mol. The quantitative estimate of drug-likeness (QED) is 0.645. The van der Waals surface area contributed by atoms with Crippen LogP contribution in [0.15, 0.2) is 0 Å². The Morgan fingerprint density at radius 1 is 1.42 bits per heavy atom. The van der Waals surface area contributed by atoms with E-state index in [0.717, 1.165) is 12.8 Å². The third-order valence-corrected chi connectivity index (χ3v) is 6.00. The second-order valence-electron chi connectivity index (χ2n) is 3.98. The van der Waals surface area contributed by atoms with Crippen LogP contribution in [0, 0.1) is 0 Å². The molecule has 2 fully saturated rings. The topological polar surface area (TPSA) is 43.4 Å². The highest BCUT2D eigenvalue weighted by molar-refractivity contribution is 7.93. The second-order valence-corrected chi connectivity index (χ2v) is 6.72. The van der Waals surface area contributed by atoms with Crippen LogP contribution in [0.3, 0.4) is 0 Å². The first-order valence-electron chi connectivity index (χ1n) is 4.37. The Bertz CT molecular complexity index is 271. The van der Waals surface area contributed by atoms with E-state index in [2.05, 4.69) is 0 Å². The van der Waals surface area contributed by atoms with Crippen molar-refractivity contribution in [3.05, 3.63) is 0 Å². The molecule has 1 saturated carbocycles. The lowest BCUT2D eigenvalue weighted by Gasteiger charge is -2.15. The van der Waals surface area contributed by atoms with Crippen molar-refractivity contribution >= 4 is 9.84 Å². The van der Waals surface area contributed by atoms with Gasteiger partial charge in [0.15, 0.2) is 9.84 Å². The molecule has 12 heavy (non-hydrogen) atoms. The fraction of sp³-hybridized carbons (Fsp3) is 1.00. The molecule has 0 aromatic heterocycles. The van der Waals surface area contributed by atoms with Gasteiger partial charge in [-0.25, -0.2) is 8.42 Å². The van der Waals surface area contributed by atoms with Gasteiger partial charge in [0.2, 0.25) is 0 Å². The summed E-state index contributed by atoms with van der Waals surface area (Å²) in [7, 11) is -2.89. The molecule has 1 aliphatic heterocycles. The average molecular weight is 190 g/mol. The fourth-order valence-corrected chi connectivity index (χ4v) is 3.78. The van der Waals surface area contributed by atoms with Crippen molar-refractivity contribution < 1.29 is 13.2 Å². The van der Waals surface area contributed by atoms with Crippen LogP contribution in [0.25, 0.3) is 0 Å². The average Bonchev–Trinajstić information content (AvgIpc) is 2.59. The summed E-state index contributed by atoms with van der Waals surface area (Å²) < 4.78 is 28.4. The van der Waals surface area contributed by atoms with Crippen molar-refractivity contribution in [1.29, 1.82) is 0 Å². The molecule has 70 valence electrons. The minimum absolute atomic E-state index is 0.218. The van der Waals surface area contributed by atoms with E-state index in [9.17, 15) is 8.42 Å². The molecule has 1 aliphatic carbocycles. The second kappa shape index (κ2) is 2.45. The van der Waals surface area contributed by atoms with Crippen LogP contribution in [0.1, 0.15) is 26.2 Å². The Hall–Kier alpha value is -0.0900. The van der Waals surface area contributed by atoms with E-state index in [1.54, 1.807) is 0 Å². The maximum absolute atomic E-state index is 11.8. The van der Waals surface area contributed by atoms with Crippen molar-refractivity contribution in [3.8, 4) is 0 Å². The summed E-state index contributed by atoms with van der Waals surface area (Å²) in [6.45, 7) is 2.87. The number of ether oxygens (including phenoxy) is 1. The molecule has 0 aromatic carbocycles. The molecule has 1 atom stereocenters. The Morgan fingerprint density at radius 3 is 2.50 bits per heavy atom. The first-order valence-corrected chi connectivity index (χ1v) is 5.92. The normalized spacial score (nSPS) is 33.6.